The Hall–Kier alpha value is -2.62. The smallest absolute Gasteiger partial charge is 0.252 e. The van der Waals surface area contributed by atoms with Crippen LogP contribution < -0.4 is 10.6 Å². The second-order valence-electron chi connectivity index (χ2n) is 4.87. The normalized spacial score (nSPS) is 11.5. The zero-order valence-electron chi connectivity index (χ0n) is 12.1. The number of carbonyl (C=O) groups excluding carboxylic acids is 2. The molecule has 0 fully saturated rings. The molecule has 21 heavy (non-hydrogen) atoms. The summed E-state index contributed by atoms with van der Waals surface area (Å²) in [5.74, 6) is -0.494. The second-order valence-corrected chi connectivity index (χ2v) is 4.87. The van der Waals surface area contributed by atoms with Crippen LogP contribution in [0.4, 0.5) is 5.69 Å². The highest BCUT2D eigenvalue weighted by Gasteiger charge is 2.17. The molecule has 0 saturated carbocycles. The predicted molar refractivity (Wildman–Crippen MR) is 83.2 cm³/mol. The number of nitrogens with one attached hydrogen (secondary N) is 2. The minimum Gasteiger partial charge on any atom is -0.341 e. The van der Waals surface area contributed by atoms with Gasteiger partial charge in [-0.05, 0) is 37.6 Å². The maximum atomic E-state index is 12.1. The van der Waals surface area contributed by atoms with E-state index in [0.717, 1.165) is 5.56 Å². The van der Waals surface area contributed by atoms with Gasteiger partial charge < -0.3 is 10.6 Å². The lowest BCUT2D eigenvalue weighted by molar-refractivity contribution is -0.117. The quantitative estimate of drug-likeness (QED) is 0.906. The number of benzene rings is 2. The largest absolute Gasteiger partial charge is 0.341 e. The van der Waals surface area contributed by atoms with Crippen LogP contribution in [0.3, 0.4) is 0 Å². The van der Waals surface area contributed by atoms with Gasteiger partial charge >= 0.3 is 0 Å². The molecule has 2 aromatic carbocycles. The molecule has 0 aromatic heterocycles. The molecular weight excluding hydrogens is 264 g/mol. The number of hydrogen-bond donors (Lipinski definition) is 2. The summed E-state index contributed by atoms with van der Waals surface area (Å²) in [7, 11) is 0. The molecule has 4 nitrogen and oxygen atoms in total. The van der Waals surface area contributed by atoms with Crippen LogP contribution in [-0.4, -0.2) is 17.9 Å². The first kappa shape index (κ1) is 14.8. The van der Waals surface area contributed by atoms with Crippen molar-refractivity contribution in [1.82, 2.24) is 5.32 Å². The second kappa shape index (κ2) is 6.70. The van der Waals surface area contributed by atoms with Crippen molar-refractivity contribution in [2.45, 2.75) is 19.9 Å². The number of hydrogen-bond acceptors (Lipinski definition) is 2. The molecule has 2 rings (SSSR count). The fourth-order valence-corrected chi connectivity index (χ4v) is 1.94. The van der Waals surface area contributed by atoms with Crippen molar-refractivity contribution in [3.8, 4) is 0 Å². The third-order valence-electron chi connectivity index (χ3n) is 3.17. The molecule has 4 heteroatoms. The summed E-state index contributed by atoms with van der Waals surface area (Å²) >= 11 is 0. The van der Waals surface area contributed by atoms with E-state index in [-0.39, 0.29) is 11.8 Å². The van der Waals surface area contributed by atoms with Crippen LogP contribution in [0, 0.1) is 6.92 Å². The molecule has 0 aliphatic rings. The van der Waals surface area contributed by atoms with Crippen LogP contribution in [0.25, 0.3) is 0 Å². The van der Waals surface area contributed by atoms with Crippen molar-refractivity contribution in [1.29, 1.82) is 0 Å². The number of amides is 2. The van der Waals surface area contributed by atoms with Gasteiger partial charge in [0.05, 0.1) is 0 Å². The third kappa shape index (κ3) is 3.92. The van der Waals surface area contributed by atoms with Gasteiger partial charge in [0, 0.05) is 11.3 Å². The molecule has 108 valence electrons. The van der Waals surface area contributed by atoms with Gasteiger partial charge in [-0.15, -0.1) is 0 Å². The summed E-state index contributed by atoms with van der Waals surface area (Å²) in [4.78, 5) is 24.2. The van der Waals surface area contributed by atoms with Crippen LogP contribution in [0.1, 0.15) is 22.8 Å². The fraction of sp³-hybridized carbons (Fsp3) is 0.176. The predicted octanol–water partition coefficient (Wildman–Crippen LogP) is 2.75. The molecule has 0 aliphatic heterocycles. The summed E-state index contributed by atoms with van der Waals surface area (Å²) in [6.07, 6.45) is 0. The molecule has 1 unspecified atom stereocenters. The average Bonchev–Trinajstić information content (AvgIpc) is 2.48. The van der Waals surface area contributed by atoms with E-state index in [0.29, 0.717) is 11.3 Å². The summed E-state index contributed by atoms with van der Waals surface area (Å²) in [6, 6.07) is 15.8. The van der Waals surface area contributed by atoms with Gasteiger partial charge in [-0.1, -0.05) is 36.4 Å². The van der Waals surface area contributed by atoms with E-state index in [9.17, 15) is 9.59 Å². The standard InChI is InChI=1S/C17H18N2O2/c1-12-8-6-7-11-15(12)17(21)18-13(2)16(20)19-14-9-4-3-5-10-14/h3-11,13H,1-2H3,(H,18,21)(H,19,20). The van der Waals surface area contributed by atoms with Gasteiger partial charge in [-0.25, -0.2) is 0 Å². The lowest BCUT2D eigenvalue weighted by Crippen LogP contribution is -2.41. The van der Waals surface area contributed by atoms with Crippen molar-refractivity contribution < 1.29 is 9.59 Å². The van der Waals surface area contributed by atoms with Crippen molar-refractivity contribution >= 4 is 17.5 Å². The molecule has 1 atom stereocenters. The van der Waals surface area contributed by atoms with E-state index in [2.05, 4.69) is 10.6 Å². The lowest BCUT2D eigenvalue weighted by Gasteiger charge is -2.15. The van der Waals surface area contributed by atoms with E-state index >= 15 is 0 Å². The molecule has 0 saturated heterocycles. The molecule has 0 spiro atoms. The number of anilines is 1. The fourth-order valence-electron chi connectivity index (χ4n) is 1.94. The lowest BCUT2D eigenvalue weighted by atomic mass is 10.1. The Kier molecular flexibility index (Phi) is 4.72. The van der Waals surface area contributed by atoms with Gasteiger partial charge in [-0.3, -0.25) is 9.59 Å². The maximum Gasteiger partial charge on any atom is 0.252 e. The Morgan fingerprint density at radius 2 is 1.57 bits per heavy atom. The van der Waals surface area contributed by atoms with Gasteiger partial charge in [0.15, 0.2) is 0 Å². The Balaban J connectivity index is 1.98. The minimum absolute atomic E-state index is 0.246. The van der Waals surface area contributed by atoms with Crippen molar-refractivity contribution in [2.75, 3.05) is 5.32 Å². The van der Waals surface area contributed by atoms with Gasteiger partial charge in [0.2, 0.25) is 5.91 Å². The third-order valence-corrected chi connectivity index (χ3v) is 3.17. The zero-order valence-corrected chi connectivity index (χ0v) is 12.1. The first-order valence-corrected chi connectivity index (χ1v) is 6.80. The van der Waals surface area contributed by atoms with Gasteiger partial charge in [-0.2, -0.15) is 0 Å². The summed E-state index contributed by atoms with van der Waals surface area (Å²) in [6.45, 7) is 3.53. The molecule has 0 radical (unpaired) electrons. The van der Waals surface area contributed by atoms with Crippen molar-refractivity contribution in [3.05, 3.63) is 65.7 Å². The number of para-hydroxylation sites is 1. The molecule has 0 heterocycles. The van der Waals surface area contributed by atoms with Crippen LogP contribution in [0.15, 0.2) is 54.6 Å². The Morgan fingerprint density at radius 1 is 0.952 bits per heavy atom. The van der Waals surface area contributed by atoms with Gasteiger partial charge in [0.1, 0.15) is 6.04 Å². The SMILES string of the molecule is Cc1ccccc1C(=O)NC(C)C(=O)Nc1ccccc1. The number of carbonyl (C=O) groups is 2. The van der Waals surface area contributed by atoms with E-state index in [1.807, 2.05) is 37.3 Å². The van der Waals surface area contributed by atoms with E-state index in [4.69, 9.17) is 0 Å². The first-order chi connectivity index (χ1) is 10.1. The van der Waals surface area contributed by atoms with E-state index in [1.54, 1.807) is 31.2 Å². The Labute approximate surface area is 124 Å². The van der Waals surface area contributed by atoms with Crippen LogP contribution in [0.2, 0.25) is 0 Å². The average molecular weight is 282 g/mol. The topological polar surface area (TPSA) is 58.2 Å². The molecule has 0 bridgehead atoms. The summed E-state index contributed by atoms with van der Waals surface area (Å²) in [5.41, 5.74) is 2.17. The summed E-state index contributed by atoms with van der Waals surface area (Å²) < 4.78 is 0. The molecule has 2 aromatic rings. The highest BCUT2D eigenvalue weighted by molar-refractivity contribution is 6.01. The van der Waals surface area contributed by atoms with Crippen LogP contribution in [0.5, 0.6) is 0 Å². The van der Waals surface area contributed by atoms with Crippen LogP contribution in [-0.2, 0) is 4.79 Å². The van der Waals surface area contributed by atoms with E-state index in [1.165, 1.54) is 0 Å². The Bertz CT molecular complexity index is 638. The molecule has 0 aliphatic carbocycles. The van der Waals surface area contributed by atoms with E-state index < -0.39 is 6.04 Å². The van der Waals surface area contributed by atoms with Crippen LogP contribution >= 0.6 is 0 Å². The van der Waals surface area contributed by atoms with Crippen molar-refractivity contribution in [3.63, 3.8) is 0 Å². The monoisotopic (exact) mass is 282 g/mol. The molecular formula is C17H18N2O2. The minimum atomic E-state index is -0.614. The highest BCUT2D eigenvalue weighted by Crippen LogP contribution is 2.08. The first-order valence-electron chi connectivity index (χ1n) is 6.80. The van der Waals surface area contributed by atoms with Gasteiger partial charge in [0.25, 0.3) is 5.91 Å². The number of aryl methyl sites for hydroxylation is 1. The molecule has 2 amide bonds. The maximum absolute atomic E-state index is 12.1. The summed E-state index contributed by atoms with van der Waals surface area (Å²) in [5, 5.41) is 5.47. The van der Waals surface area contributed by atoms with Crippen molar-refractivity contribution in [2.24, 2.45) is 0 Å². The zero-order chi connectivity index (χ0) is 15.2. The molecule has 2 N–H and O–H groups in total. The Morgan fingerprint density at radius 3 is 2.24 bits per heavy atom. The number of rotatable bonds is 4. The highest BCUT2D eigenvalue weighted by atomic mass is 16.2.